The molecule has 0 amide bonds. The van der Waals surface area contributed by atoms with E-state index in [1.807, 2.05) is 6.92 Å². The maximum absolute atomic E-state index is 5.68. The Bertz CT molecular complexity index is 220. The second kappa shape index (κ2) is 4.16. The zero-order valence-electron chi connectivity index (χ0n) is 7.57. The average molecular weight is 165 g/mol. The Balaban J connectivity index is 2.59. The van der Waals surface area contributed by atoms with Crippen LogP contribution in [0.1, 0.15) is 31.9 Å². The van der Waals surface area contributed by atoms with Gasteiger partial charge in [0.15, 0.2) is 0 Å². The Labute approximate surface area is 73.0 Å². The van der Waals surface area contributed by atoms with Crippen LogP contribution >= 0.6 is 0 Å². The Morgan fingerprint density at radius 2 is 2.17 bits per heavy atom. The molecule has 3 nitrogen and oxygen atoms in total. The van der Waals surface area contributed by atoms with Crippen molar-refractivity contribution in [3.63, 3.8) is 0 Å². The molecule has 0 aliphatic heterocycles. The van der Waals surface area contributed by atoms with E-state index in [0.29, 0.717) is 5.92 Å². The van der Waals surface area contributed by atoms with Crippen molar-refractivity contribution in [1.82, 2.24) is 9.97 Å². The Kier molecular flexibility index (Phi) is 3.17. The molecule has 0 bridgehead atoms. The number of rotatable bonds is 3. The highest BCUT2D eigenvalue weighted by atomic mass is 14.8. The topological polar surface area (TPSA) is 51.8 Å². The lowest BCUT2D eigenvalue weighted by atomic mass is 10.0. The first-order chi connectivity index (χ1) is 5.70. The van der Waals surface area contributed by atoms with Gasteiger partial charge in [-0.05, 0) is 13.3 Å². The lowest BCUT2D eigenvalue weighted by Crippen LogP contribution is -2.17. The van der Waals surface area contributed by atoms with Gasteiger partial charge >= 0.3 is 0 Å². The molecule has 1 heterocycles. The molecule has 2 unspecified atom stereocenters. The summed E-state index contributed by atoms with van der Waals surface area (Å²) in [4.78, 5) is 8.22. The van der Waals surface area contributed by atoms with Crippen LogP contribution in [0.2, 0.25) is 0 Å². The molecular formula is C9H15N3. The molecular weight excluding hydrogens is 150 g/mol. The fraction of sp³-hybridized carbons (Fsp3) is 0.556. The lowest BCUT2D eigenvalue weighted by molar-refractivity contribution is 0.574. The zero-order valence-corrected chi connectivity index (χ0v) is 7.57. The van der Waals surface area contributed by atoms with Crippen LogP contribution in [0.5, 0.6) is 0 Å². The van der Waals surface area contributed by atoms with Crippen LogP contribution in [-0.2, 0) is 0 Å². The molecule has 66 valence electrons. The van der Waals surface area contributed by atoms with Gasteiger partial charge in [0.05, 0.1) is 5.69 Å². The predicted octanol–water partition coefficient (Wildman–Crippen LogP) is 1.32. The van der Waals surface area contributed by atoms with Crippen molar-refractivity contribution < 1.29 is 0 Å². The zero-order chi connectivity index (χ0) is 8.97. The molecule has 2 atom stereocenters. The lowest BCUT2D eigenvalue weighted by Gasteiger charge is -2.12. The first kappa shape index (κ1) is 9.13. The van der Waals surface area contributed by atoms with Crippen LogP contribution in [-0.4, -0.2) is 16.0 Å². The summed E-state index contributed by atoms with van der Waals surface area (Å²) in [5.74, 6) is 0.402. The second-order valence-corrected chi connectivity index (χ2v) is 3.24. The largest absolute Gasteiger partial charge is 0.328 e. The Morgan fingerprint density at radius 3 is 2.67 bits per heavy atom. The third-order valence-electron chi connectivity index (χ3n) is 1.81. The number of hydrogen-bond acceptors (Lipinski definition) is 3. The highest BCUT2D eigenvalue weighted by Gasteiger charge is 2.08. The van der Waals surface area contributed by atoms with Gasteiger partial charge in [-0.1, -0.05) is 6.92 Å². The first-order valence-corrected chi connectivity index (χ1v) is 4.21. The van der Waals surface area contributed by atoms with Crippen molar-refractivity contribution in [2.75, 3.05) is 0 Å². The summed E-state index contributed by atoms with van der Waals surface area (Å²) in [6.45, 7) is 4.13. The minimum absolute atomic E-state index is 0.224. The van der Waals surface area contributed by atoms with Gasteiger partial charge in [0.2, 0.25) is 0 Å². The van der Waals surface area contributed by atoms with Crippen molar-refractivity contribution in [3.8, 4) is 0 Å². The van der Waals surface area contributed by atoms with E-state index < -0.39 is 0 Å². The van der Waals surface area contributed by atoms with Gasteiger partial charge in [0.25, 0.3) is 0 Å². The highest BCUT2D eigenvalue weighted by molar-refractivity contribution is 5.01. The molecule has 0 spiro atoms. The summed E-state index contributed by atoms with van der Waals surface area (Å²) >= 11 is 0. The molecule has 0 fully saturated rings. The second-order valence-electron chi connectivity index (χ2n) is 3.24. The smallest absolute Gasteiger partial charge is 0.0615 e. The number of nitrogens with two attached hydrogens (primary N) is 1. The van der Waals surface area contributed by atoms with Crippen molar-refractivity contribution in [3.05, 3.63) is 24.3 Å². The molecule has 0 saturated carbocycles. The molecule has 0 radical (unpaired) electrons. The normalized spacial score (nSPS) is 15.6. The average Bonchev–Trinajstić information content (AvgIpc) is 2.05. The maximum Gasteiger partial charge on any atom is 0.0615 e. The summed E-state index contributed by atoms with van der Waals surface area (Å²) in [7, 11) is 0. The van der Waals surface area contributed by atoms with E-state index in [0.717, 1.165) is 12.1 Å². The van der Waals surface area contributed by atoms with Gasteiger partial charge in [0, 0.05) is 30.6 Å². The molecule has 3 heteroatoms. The molecule has 1 rings (SSSR count). The molecule has 0 aromatic carbocycles. The van der Waals surface area contributed by atoms with E-state index >= 15 is 0 Å². The number of nitrogens with zero attached hydrogens (tertiary/aromatic N) is 2. The van der Waals surface area contributed by atoms with Crippen molar-refractivity contribution in [2.45, 2.75) is 32.2 Å². The SMILES string of the molecule is CC(N)CC(C)c1cnccn1. The van der Waals surface area contributed by atoms with Gasteiger partial charge in [-0.3, -0.25) is 9.97 Å². The van der Waals surface area contributed by atoms with E-state index in [-0.39, 0.29) is 6.04 Å². The van der Waals surface area contributed by atoms with E-state index in [2.05, 4.69) is 16.9 Å². The summed E-state index contributed by atoms with van der Waals surface area (Å²) in [6.07, 6.45) is 6.15. The molecule has 1 aromatic heterocycles. The van der Waals surface area contributed by atoms with Gasteiger partial charge in [-0.25, -0.2) is 0 Å². The third kappa shape index (κ3) is 2.58. The number of aromatic nitrogens is 2. The monoisotopic (exact) mass is 165 g/mol. The molecule has 1 aromatic rings. The van der Waals surface area contributed by atoms with Crippen LogP contribution in [0.4, 0.5) is 0 Å². The Morgan fingerprint density at radius 1 is 1.42 bits per heavy atom. The molecule has 0 aliphatic carbocycles. The fourth-order valence-electron chi connectivity index (χ4n) is 1.24. The van der Waals surface area contributed by atoms with Crippen LogP contribution in [0.3, 0.4) is 0 Å². The van der Waals surface area contributed by atoms with Crippen LogP contribution in [0.15, 0.2) is 18.6 Å². The van der Waals surface area contributed by atoms with Gasteiger partial charge < -0.3 is 5.73 Å². The summed E-state index contributed by atoms with van der Waals surface area (Å²) in [5, 5.41) is 0. The molecule has 0 saturated heterocycles. The minimum Gasteiger partial charge on any atom is -0.328 e. The van der Waals surface area contributed by atoms with E-state index in [4.69, 9.17) is 5.73 Å². The maximum atomic E-state index is 5.68. The third-order valence-corrected chi connectivity index (χ3v) is 1.81. The van der Waals surface area contributed by atoms with Gasteiger partial charge in [0.1, 0.15) is 0 Å². The van der Waals surface area contributed by atoms with Gasteiger partial charge in [-0.2, -0.15) is 0 Å². The van der Waals surface area contributed by atoms with Crippen LogP contribution in [0, 0.1) is 0 Å². The highest BCUT2D eigenvalue weighted by Crippen LogP contribution is 2.15. The molecule has 0 aliphatic rings. The number of hydrogen-bond donors (Lipinski definition) is 1. The van der Waals surface area contributed by atoms with Crippen molar-refractivity contribution in [2.24, 2.45) is 5.73 Å². The summed E-state index contributed by atoms with van der Waals surface area (Å²) in [6, 6.07) is 0.224. The van der Waals surface area contributed by atoms with Crippen molar-refractivity contribution >= 4 is 0 Å². The van der Waals surface area contributed by atoms with E-state index in [1.54, 1.807) is 18.6 Å². The standard InChI is InChI=1S/C9H15N3/c1-7(5-8(2)10)9-6-11-3-4-12-9/h3-4,6-8H,5,10H2,1-2H3. The van der Waals surface area contributed by atoms with Gasteiger partial charge in [-0.15, -0.1) is 0 Å². The Hall–Kier alpha value is -0.960. The van der Waals surface area contributed by atoms with E-state index in [9.17, 15) is 0 Å². The minimum atomic E-state index is 0.224. The fourth-order valence-corrected chi connectivity index (χ4v) is 1.24. The predicted molar refractivity (Wildman–Crippen MR) is 48.7 cm³/mol. The summed E-state index contributed by atoms with van der Waals surface area (Å²) < 4.78 is 0. The quantitative estimate of drug-likeness (QED) is 0.734. The summed E-state index contributed by atoms with van der Waals surface area (Å²) in [5.41, 5.74) is 6.71. The van der Waals surface area contributed by atoms with E-state index in [1.165, 1.54) is 0 Å². The van der Waals surface area contributed by atoms with Crippen LogP contribution in [0.25, 0.3) is 0 Å². The van der Waals surface area contributed by atoms with Crippen LogP contribution < -0.4 is 5.73 Å². The molecule has 12 heavy (non-hydrogen) atoms. The molecule has 2 N–H and O–H groups in total. The van der Waals surface area contributed by atoms with Crippen molar-refractivity contribution in [1.29, 1.82) is 0 Å². The first-order valence-electron chi connectivity index (χ1n) is 4.21.